The van der Waals surface area contributed by atoms with E-state index in [0.29, 0.717) is 17.0 Å². The number of pyridine rings is 1. The van der Waals surface area contributed by atoms with Crippen LogP contribution in [0.4, 0.5) is 18.9 Å². The van der Waals surface area contributed by atoms with Crippen LogP contribution in [0.25, 0.3) is 10.9 Å². The van der Waals surface area contributed by atoms with Crippen molar-refractivity contribution in [2.24, 2.45) is 0 Å². The van der Waals surface area contributed by atoms with Crippen LogP contribution in [0.15, 0.2) is 83.5 Å². The molecule has 0 atom stereocenters. The van der Waals surface area contributed by atoms with E-state index >= 15 is 0 Å². The second-order valence-electron chi connectivity index (χ2n) is 6.93. The maximum Gasteiger partial charge on any atom is 0.416 e. The molecule has 0 aliphatic heterocycles. The minimum atomic E-state index is -4.58. The van der Waals surface area contributed by atoms with Crippen LogP contribution in [0.5, 0.6) is 17.2 Å². The van der Waals surface area contributed by atoms with E-state index in [4.69, 9.17) is 9.47 Å². The van der Waals surface area contributed by atoms with Gasteiger partial charge in [-0.15, -0.1) is 0 Å². The van der Waals surface area contributed by atoms with Crippen molar-refractivity contribution in [3.05, 3.63) is 89.0 Å². The molecule has 1 heterocycles. The molecule has 0 radical (unpaired) electrons. The molecule has 0 bridgehead atoms. The molecule has 4 aromatic rings. The Hall–Kier alpha value is -3.59. The molecular formula is C24H16BrF3N2O3. The van der Waals surface area contributed by atoms with Crippen LogP contribution in [0.1, 0.15) is 5.56 Å². The van der Waals surface area contributed by atoms with Crippen molar-refractivity contribution in [3.8, 4) is 17.2 Å². The highest BCUT2D eigenvalue weighted by atomic mass is 79.9. The lowest BCUT2D eigenvalue weighted by atomic mass is 10.1. The first kappa shape index (κ1) is 22.6. The van der Waals surface area contributed by atoms with E-state index < -0.39 is 24.3 Å². The van der Waals surface area contributed by atoms with Crippen LogP contribution in [-0.2, 0) is 11.0 Å². The van der Waals surface area contributed by atoms with Crippen molar-refractivity contribution in [1.29, 1.82) is 0 Å². The minimum absolute atomic E-state index is 0.0606. The number of carbonyl (C=O) groups is 1. The molecule has 1 N–H and O–H groups in total. The number of alkyl halides is 3. The molecule has 4 rings (SSSR count). The van der Waals surface area contributed by atoms with E-state index in [-0.39, 0.29) is 11.4 Å². The third-order valence-electron chi connectivity index (χ3n) is 4.58. The summed E-state index contributed by atoms with van der Waals surface area (Å²) in [4.78, 5) is 16.8. The van der Waals surface area contributed by atoms with Crippen molar-refractivity contribution in [2.45, 2.75) is 6.18 Å². The van der Waals surface area contributed by atoms with E-state index in [1.165, 1.54) is 0 Å². The van der Waals surface area contributed by atoms with Crippen LogP contribution in [0.2, 0.25) is 0 Å². The van der Waals surface area contributed by atoms with Gasteiger partial charge in [-0.05, 0) is 54.6 Å². The van der Waals surface area contributed by atoms with Crippen molar-refractivity contribution < 1.29 is 27.4 Å². The minimum Gasteiger partial charge on any atom is -0.481 e. The van der Waals surface area contributed by atoms with E-state index in [0.717, 1.165) is 28.1 Å². The lowest BCUT2D eigenvalue weighted by Crippen LogP contribution is -2.21. The highest BCUT2D eigenvalue weighted by Gasteiger charge is 2.31. The van der Waals surface area contributed by atoms with Gasteiger partial charge in [-0.25, -0.2) is 0 Å². The number of aromatic nitrogens is 1. The first-order valence-corrected chi connectivity index (χ1v) is 10.5. The van der Waals surface area contributed by atoms with Gasteiger partial charge in [-0.1, -0.05) is 34.1 Å². The van der Waals surface area contributed by atoms with Gasteiger partial charge in [0.05, 0.1) is 11.3 Å². The Labute approximate surface area is 195 Å². The average molecular weight is 517 g/mol. The Kier molecular flexibility index (Phi) is 6.50. The number of fused-ring (bicyclic) bond motifs is 1. The molecule has 1 amide bonds. The predicted molar refractivity (Wildman–Crippen MR) is 122 cm³/mol. The van der Waals surface area contributed by atoms with Crippen LogP contribution in [-0.4, -0.2) is 17.5 Å². The highest BCUT2D eigenvalue weighted by molar-refractivity contribution is 9.10. The fourth-order valence-electron chi connectivity index (χ4n) is 3.04. The molecule has 0 fully saturated rings. The summed E-state index contributed by atoms with van der Waals surface area (Å²) in [5, 5.41) is 3.29. The number of halogens is 4. The zero-order valence-corrected chi connectivity index (χ0v) is 18.5. The van der Waals surface area contributed by atoms with Gasteiger partial charge in [0.25, 0.3) is 5.91 Å². The Balaban J connectivity index is 1.54. The van der Waals surface area contributed by atoms with Gasteiger partial charge < -0.3 is 14.8 Å². The van der Waals surface area contributed by atoms with Crippen molar-refractivity contribution in [1.82, 2.24) is 4.98 Å². The van der Waals surface area contributed by atoms with E-state index in [1.807, 2.05) is 12.1 Å². The Morgan fingerprint density at radius 2 is 1.73 bits per heavy atom. The largest absolute Gasteiger partial charge is 0.481 e. The number of anilines is 1. The maximum atomic E-state index is 13.2. The third-order valence-corrected chi connectivity index (χ3v) is 5.11. The van der Waals surface area contributed by atoms with Gasteiger partial charge in [0.15, 0.2) is 12.4 Å². The lowest BCUT2D eigenvalue weighted by Gasteiger charge is -2.16. The second-order valence-corrected chi connectivity index (χ2v) is 7.85. The molecule has 3 aromatic carbocycles. The maximum absolute atomic E-state index is 13.2. The fourth-order valence-corrected chi connectivity index (χ4v) is 3.31. The summed E-state index contributed by atoms with van der Waals surface area (Å²) in [6.45, 7) is -0.427. The van der Waals surface area contributed by atoms with Crippen molar-refractivity contribution in [2.75, 3.05) is 11.9 Å². The Bertz CT molecular complexity index is 1290. The second kappa shape index (κ2) is 9.50. The third kappa shape index (κ3) is 5.61. The van der Waals surface area contributed by atoms with Crippen molar-refractivity contribution in [3.63, 3.8) is 0 Å². The van der Waals surface area contributed by atoms with E-state index in [2.05, 4.69) is 26.2 Å². The number of hydrogen-bond donors (Lipinski definition) is 1. The van der Waals surface area contributed by atoms with Gasteiger partial charge in [0.1, 0.15) is 17.0 Å². The van der Waals surface area contributed by atoms with Gasteiger partial charge in [-0.2, -0.15) is 13.2 Å². The molecule has 168 valence electrons. The Morgan fingerprint density at radius 1 is 0.970 bits per heavy atom. The number of hydrogen-bond acceptors (Lipinski definition) is 4. The van der Waals surface area contributed by atoms with Gasteiger partial charge >= 0.3 is 6.18 Å². The summed E-state index contributed by atoms with van der Waals surface area (Å²) in [7, 11) is 0. The smallest absolute Gasteiger partial charge is 0.416 e. The number of amides is 1. The number of carbonyl (C=O) groups excluding carboxylic acids is 1. The number of nitrogens with one attached hydrogen (secondary N) is 1. The molecule has 33 heavy (non-hydrogen) atoms. The number of nitrogens with zero attached hydrogens (tertiary/aromatic N) is 1. The average Bonchev–Trinajstić information content (AvgIpc) is 2.79. The molecule has 0 aliphatic carbocycles. The fraction of sp³-hybridized carbons (Fsp3) is 0.0833. The zero-order valence-electron chi connectivity index (χ0n) is 16.9. The molecule has 0 saturated carbocycles. The molecule has 1 aromatic heterocycles. The predicted octanol–water partition coefficient (Wildman–Crippen LogP) is 6.83. The summed E-state index contributed by atoms with van der Waals surface area (Å²) in [5.74, 6) is 0.193. The summed E-state index contributed by atoms with van der Waals surface area (Å²) in [5.41, 5.74) is -0.469. The summed E-state index contributed by atoms with van der Waals surface area (Å²) in [6.07, 6.45) is -2.98. The molecule has 0 saturated heterocycles. The van der Waals surface area contributed by atoms with Crippen LogP contribution in [0, 0.1) is 0 Å². The van der Waals surface area contributed by atoms with Crippen molar-refractivity contribution >= 4 is 38.4 Å². The zero-order chi connectivity index (χ0) is 23.4. The van der Waals surface area contributed by atoms with Crippen LogP contribution in [0.3, 0.4) is 0 Å². The molecule has 5 nitrogen and oxygen atoms in total. The molecule has 9 heteroatoms. The molecule has 0 unspecified atom stereocenters. The monoisotopic (exact) mass is 516 g/mol. The van der Waals surface area contributed by atoms with Gasteiger partial charge in [-0.3, -0.25) is 9.78 Å². The van der Waals surface area contributed by atoms with E-state index in [1.54, 1.807) is 48.7 Å². The van der Waals surface area contributed by atoms with Gasteiger partial charge in [0, 0.05) is 16.1 Å². The highest BCUT2D eigenvalue weighted by Crippen LogP contribution is 2.37. The number of ether oxygens (including phenoxy) is 2. The molecule has 0 aliphatic rings. The van der Waals surface area contributed by atoms with Crippen LogP contribution < -0.4 is 14.8 Å². The number of rotatable bonds is 6. The summed E-state index contributed by atoms with van der Waals surface area (Å²) >= 11 is 3.30. The topological polar surface area (TPSA) is 60.5 Å². The summed E-state index contributed by atoms with van der Waals surface area (Å²) in [6, 6.07) is 18.5. The first-order valence-electron chi connectivity index (χ1n) is 9.71. The normalized spacial score (nSPS) is 11.3. The Morgan fingerprint density at radius 3 is 2.48 bits per heavy atom. The number of benzene rings is 3. The first-order chi connectivity index (χ1) is 15.8. The number of para-hydroxylation sites is 1. The lowest BCUT2D eigenvalue weighted by molar-refractivity contribution is -0.137. The van der Waals surface area contributed by atoms with Crippen LogP contribution >= 0.6 is 15.9 Å². The molecule has 0 spiro atoms. The SMILES string of the molecule is O=C(COc1cccc2cccnc12)Nc1cc(C(F)(F)F)ccc1Oc1ccc(Br)cc1. The van der Waals surface area contributed by atoms with E-state index in [9.17, 15) is 18.0 Å². The van der Waals surface area contributed by atoms with Gasteiger partial charge in [0.2, 0.25) is 0 Å². The summed E-state index contributed by atoms with van der Waals surface area (Å²) < 4.78 is 51.8. The molecular weight excluding hydrogens is 501 g/mol. The standard InChI is InChI=1S/C24H16BrF3N2O3/c25-17-7-9-18(10-8-17)33-20-11-6-16(24(26,27)28)13-19(20)30-22(31)14-32-21-5-1-3-15-4-2-12-29-23(15)21/h1-13H,14H2,(H,30,31). The quantitative estimate of drug-likeness (QED) is 0.305.